The van der Waals surface area contributed by atoms with E-state index in [0.717, 1.165) is 50.7 Å². The Kier molecular flexibility index (Phi) is 6.50. The van der Waals surface area contributed by atoms with Gasteiger partial charge in [-0.1, -0.05) is 140 Å². The number of para-hydroxylation sites is 2. The van der Waals surface area contributed by atoms with E-state index in [1.807, 2.05) is 6.07 Å². The molecule has 1 aliphatic carbocycles. The van der Waals surface area contributed by atoms with E-state index >= 15 is 0 Å². The molecule has 53 heavy (non-hydrogen) atoms. The highest BCUT2D eigenvalue weighted by Crippen LogP contribution is 2.41. The van der Waals surface area contributed by atoms with Crippen LogP contribution in [0, 0.1) is 0 Å². The Morgan fingerprint density at radius 1 is 0.509 bits per heavy atom. The smallest absolute Gasteiger partial charge is 0.136 e. The molecule has 0 saturated carbocycles. The van der Waals surface area contributed by atoms with Gasteiger partial charge in [-0.05, 0) is 114 Å². The number of rotatable bonds is 2. The molecule has 0 atom stereocenters. The summed E-state index contributed by atoms with van der Waals surface area (Å²) in [6.45, 7) is 4.75. The average Bonchev–Trinajstić information content (AvgIpc) is 3.59. The standard InChI is InChI=1S/C51H33NO/c1-32-27-35-13-2-3-16-38(35)36-30-47(51-45-22-9-11-24-49(45)53-50(51)31-36)44-21-8-10-23-48(44)52(32)37-15-12-14-33(28-37)34-25-26-43-41-19-5-4-17-39(41)40-18-6-7-20-42(40)46(43)29-34/h2-29,31H,1,30H2/b35-27-,38-36+. The summed E-state index contributed by atoms with van der Waals surface area (Å²) >= 11 is 0. The second-order valence-corrected chi connectivity index (χ2v) is 14.1. The third-order valence-corrected chi connectivity index (χ3v) is 11.2. The molecule has 0 N–H and O–H groups in total. The van der Waals surface area contributed by atoms with Gasteiger partial charge in [0.2, 0.25) is 0 Å². The molecular weight excluding hydrogens is 643 g/mol. The van der Waals surface area contributed by atoms with Crippen molar-refractivity contribution in [1.29, 1.82) is 0 Å². The van der Waals surface area contributed by atoms with Crippen LogP contribution < -0.4 is 26.0 Å². The van der Waals surface area contributed by atoms with Gasteiger partial charge < -0.3 is 9.32 Å². The Labute approximate surface area is 306 Å². The molecule has 2 heteroatoms. The molecule has 0 spiro atoms. The van der Waals surface area contributed by atoms with Crippen LogP contribution in [0.3, 0.4) is 0 Å². The molecule has 1 aromatic heterocycles. The van der Waals surface area contributed by atoms with Crippen LogP contribution in [0.1, 0.15) is 12.0 Å². The zero-order valence-corrected chi connectivity index (χ0v) is 29.0. The monoisotopic (exact) mass is 675 g/mol. The number of nitrogens with zero attached hydrogens (tertiary/aromatic N) is 1. The summed E-state index contributed by atoms with van der Waals surface area (Å²) in [4.78, 5) is 2.33. The zero-order valence-electron chi connectivity index (χ0n) is 29.0. The molecule has 0 fully saturated rings. The highest BCUT2D eigenvalue weighted by atomic mass is 16.3. The fourth-order valence-corrected chi connectivity index (χ4v) is 8.82. The van der Waals surface area contributed by atoms with Crippen molar-refractivity contribution in [3.63, 3.8) is 0 Å². The third kappa shape index (κ3) is 4.59. The molecular formula is C51H33NO. The summed E-state index contributed by atoms with van der Waals surface area (Å²) in [5.74, 6) is 0. The van der Waals surface area contributed by atoms with Gasteiger partial charge >= 0.3 is 0 Å². The Morgan fingerprint density at radius 2 is 1.15 bits per heavy atom. The summed E-state index contributed by atoms with van der Waals surface area (Å²) in [6.07, 6.45) is 5.26. The third-order valence-electron chi connectivity index (χ3n) is 11.2. The van der Waals surface area contributed by atoms with Crippen LogP contribution in [-0.2, 0) is 0 Å². The van der Waals surface area contributed by atoms with Crippen LogP contribution in [0.15, 0.2) is 180 Å². The van der Waals surface area contributed by atoms with Crippen molar-refractivity contribution in [2.24, 2.45) is 0 Å². The number of furan rings is 1. The van der Waals surface area contributed by atoms with Crippen LogP contribution in [0.2, 0.25) is 0 Å². The Balaban J connectivity index is 1.16. The Morgan fingerprint density at radius 3 is 1.96 bits per heavy atom. The summed E-state index contributed by atoms with van der Waals surface area (Å²) in [5, 5.41) is 12.3. The van der Waals surface area contributed by atoms with Crippen LogP contribution >= 0.6 is 0 Å². The molecule has 0 saturated heterocycles. The average molecular weight is 676 g/mol. The first kappa shape index (κ1) is 29.8. The van der Waals surface area contributed by atoms with E-state index in [1.54, 1.807) is 0 Å². The fraction of sp³-hybridized carbons (Fsp3) is 0.0196. The van der Waals surface area contributed by atoms with Gasteiger partial charge in [0.1, 0.15) is 11.0 Å². The van der Waals surface area contributed by atoms with Crippen molar-refractivity contribution in [3.05, 3.63) is 203 Å². The summed E-state index contributed by atoms with van der Waals surface area (Å²) in [6, 6.07) is 59.2. The number of anilines is 2. The molecule has 11 rings (SSSR count). The second-order valence-electron chi connectivity index (χ2n) is 14.1. The lowest BCUT2D eigenvalue weighted by Gasteiger charge is -2.30. The lowest BCUT2D eigenvalue weighted by molar-refractivity contribution is 0.575. The number of hydrogen-bond donors (Lipinski definition) is 0. The van der Waals surface area contributed by atoms with Gasteiger partial charge in [-0.25, -0.2) is 0 Å². The largest absolute Gasteiger partial charge is 0.456 e. The number of allylic oxidation sites excluding steroid dienone is 1. The van der Waals surface area contributed by atoms with Crippen molar-refractivity contribution in [1.82, 2.24) is 0 Å². The Bertz CT molecular complexity index is 3250. The van der Waals surface area contributed by atoms with Crippen LogP contribution in [0.25, 0.3) is 77.7 Å². The van der Waals surface area contributed by atoms with Gasteiger partial charge in [-0.2, -0.15) is 0 Å². The molecule has 2 nitrogen and oxygen atoms in total. The molecule has 2 aliphatic rings. The molecule has 248 valence electrons. The minimum atomic E-state index is 0.790. The number of hydrogen-bond acceptors (Lipinski definition) is 2. The van der Waals surface area contributed by atoms with E-state index in [2.05, 4.69) is 175 Å². The molecule has 0 unspecified atom stereocenters. The first-order chi connectivity index (χ1) is 26.2. The van der Waals surface area contributed by atoms with E-state index in [0.29, 0.717) is 0 Å². The van der Waals surface area contributed by atoms with E-state index < -0.39 is 0 Å². The predicted molar refractivity (Wildman–Crippen MR) is 223 cm³/mol. The summed E-state index contributed by atoms with van der Waals surface area (Å²) < 4.78 is 6.57. The first-order valence-corrected chi connectivity index (χ1v) is 18.2. The van der Waals surface area contributed by atoms with Crippen LogP contribution in [-0.4, -0.2) is 0 Å². The van der Waals surface area contributed by atoms with E-state index in [4.69, 9.17) is 11.0 Å². The predicted octanol–water partition coefficient (Wildman–Crippen LogP) is 10.2. The molecule has 2 heterocycles. The van der Waals surface area contributed by atoms with E-state index in [9.17, 15) is 0 Å². The lowest BCUT2D eigenvalue weighted by atomic mass is 9.88. The van der Waals surface area contributed by atoms with Crippen molar-refractivity contribution < 1.29 is 4.42 Å². The summed E-state index contributed by atoms with van der Waals surface area (Å²) in [5.41, 5.74) is 10.9. The maximum atomic E-state index is 6.57. The first-order valence-electron chi connectivity index (χ1n) is 18.2. The lowest BCUT2D eigenvalue weighted by Crippen LogP contribution is -2.34. The molecule has 2 bridgehead atoms. The van der Waals surface area contributed by atoms with Gasteiger partial charge in [0, 0.05) is 27.6 Å². The van der Waals surface area contributed by atoms with Crippen LogP contribution in [0.5, 0.6) is 0 Å². The minimum Gasteiger partial charge on any atom is -0.456 e. The fourth-order valence-electron chi connectivity index (χ4n) is 8.82. The van der Waals surface area contributed by atoms with Gasteiger partial charge in [0.05, 0.1) is 5.69 Å². The highest BCUT2D eigenvalue weighted by molar-refractivity contribution is 6.25. The van der Waals surface area contributed by atoms with Crippen molar-refractivity contribution in [2.45, 2.75) is 6.42 Å². The van der Waals surface area contributed by atoms with Gasteiger partial charge in [0.25, 0.3) is 0 Å². The second kappa shape index (κ2) is 11.6. The number of benzene rings is 8. The van der Waals surface area contributed by atoms with Gasteiger partial charge in [-0.3, -0.25) is 0 Å². The summed E-state index contributed by atoms with van der Waals surface area (Å²) in [7, 11) is 0. The van der Waals surface area contributed by atoms with Crippen molar-refractivity contribution in [2.75, 3.05) is 4.90 Å². The van der Waals surface area contributed by atoms with Gasteiger partial charge in [-0.15, -0.1) is 0 Å². The topological polar surface area (TPSA) is 16.4 Å². The van der Waals surface area contributed by atoms with Crippen molar-refractivity contribution in [3.8, 4) is 11.1 Å². The number of fused-ring (bicyclic) bond motifs is 14. The Hall–Kier alpha value is -6.90. The van der Waals surface area contributed by atoms with E-state index in [1.165, 1.54) is 65.0 Å². The maximum absolute atomic E-state index is 6.57. The molecule has 0 amide bonds. The SMILES string of the molecule is C=C1/C=c2/cccc/c2=C2\C=c3oc4ccccc4c3=C(C2)c2ccccc2N1c1cccc(-c2ccc3c4ccccc4c4ccccc4c3c2)c1. The quantitative estimate of drug-likeness (QED) is 0.170. The molecule has 9 aromatic rings. The van der Waals surface area contributed by atoms with Gasteiger partial charge in [0.15, 0.2) is 0 Å². The zero-order chi connectivity index (χ0) is 35.0. The maximum Gasteiger partial charge on any atom is 0.136 e. The normalized spacial score (nSPS) is 15.5. The molecule has 8 aromatic carbocycles. The van der Waals surface area contributed by atoms with Crippen molar-refractivity contribution >= 4 is 78.0 Å². The molecule has 0 radical (unpaired) electrons. The van der Waals surface area contributed by atoms with Crippen LogP contribution in [0.4, 0.5) is 11.4 Å². The van der Waals surface area contributed by atoms with E-state index in [-0.39, 0.29) is 0 Å². The molecule has 1 aliphatic heterocycles. The minimum absolute atomic E-state index is 0.790. The highest BCUT2D eigenvalue weighted by Gasteiger charge is 2.24.